The Morgan fingerprint density at radius 3 is 2.44 bits per heavy atom. The number of halogens is 1. The van der Waals surface area contributed by atoms with Crippen LogP contribution in [0.15, 0.2) is 48.5 Å². The molecule has 1 atom stereocenters. The van der Waals surface area contributed by atoms with Crippen LogP contribution in [-0.2, 0) is 4.79 Å². The number of benzene rings is 2. The summed E-state index contributed by atoms with van der Waals surface area (Å²) < 4.78 is 5.70. The third-order valence-corrected chi connectivity index (χ3v) is 3.58. The van der Waals surface area contributed by atoms with Crippen molar-refractivity contribution in [3.05, 3.63) is 53.6 Å². The van der Waals surface area contributed by atoms with Gasteiger partial charge in [-0.05, 0) is 50.2 Å². The van der Waals surface area contributed by atoms with Gasteiger partial charge in [0.15, 0.2) is 0 Å². The molecule has 2 aromatic rings. The van der Waals surface area contributed by atoms with Crippen molar-refractivity contribution >= 4 is 29.2 Å². The van der Waals surface area contributed by atoms with Gasteiger partial charge in [0.1, 0.15) is 17.5 Å². The molecule has 2 rings (SSSR count). The maximum atomic E-state index is 11.9. The van der Waals surface area contributed by atoms with Crippen LogP contribution in [0.3, 0.4) is 0 Å². The first-order valence-electron chi connectivity index (χ1n) is 7.87. The summed E-state index contributed by atoms with van der Waals surface area (Å²) in [4.78, 5) is 23.3. The van der Waals surface area contributed by atoms with E-state index in [1.165, 1.54) is 0 Å². The summed E-state index contributed by atoms with van der Waals surface area (Å²) in [5.41, 5.74) is 0.727. The summed E-state index contributed by atoms with van der Waals surface area (Å²) in [6.45, 7) is 3.90. The van der Waals surface area contributed by atoms with Crippen molar-refractivity contribution in [2.24, 2.45) is 0 Å². The van der Waals surface area contributed by atoms with Crippen LogP contribution in [0.5, 0.6) is 11.5 Å². The van der Waals surface area contributed by atoms with Gasteiger partial charge in [0.2, 0.25) is 5.91 Å². The van der Waals surface area contributed by atoms with Gasteiger partial charge >= 0.3 is 6.03 Å². The van der Waals surface area contributed by atoms with Crippen LogP contribution >= 0.6 is 11.6 Å². The largest absolute Gasteiger partial charge is 0.456 e. The summed E-state index contributed by atoms with van der Waals surface area (Å²) >= 11 is 6.06. The standard InChI is InChI=1S/C18H20ClN3O3/c1-3-20-18(24)22-17(23)12(2)21-13-8-10-14(11-9-13)25-16-7-5-4-6-15(16)19/h4-12,21H,3H2,1-2H3,(H2,20,22,23,24). The number of carbonyl (C=O) groups is 2. The molecule has 7 heteroatoms. The second-order valence-electron chi connectivity index (χ2n) is 5.27. The van der Waals surface area contributed by atoms with E-state index in [0.717, 1.165) is 5.69 Å². The number of imide groups is 1. The first-order chi connectivity index (χ1) is 12.0. The number of anilines is 1. The summed E-state index contributed by atoms with van der Waals surface area (Å²) in [5, 5.41) is 8.31. The van der Waals surface area contributed by atoms with Crippen LogP contribution < -0.4 is 20.7 Å². The van der Waals surface area contributed by atoms with Gasteiger partial charge < -0.3 is 15.4 Å². The van der Waals surface area contributed by atoms with E-state index in [1.807, 2.05) is 12.1 Å². The summed E-state index contributed by atoms with van der Waals surface area (Å²) in [6.07, 6.45) is 0. The lowest BCUT2D eigenvalue weighted by Gasteiger charge is -2.15. The number of hydrogen-bond acceptors (Lipinski definition) is 4. The fourth-order valence-corrected chi connectivity index (χ4v) is 2.19. The van der Waals surface area contributed by atoms with Gasteiger partial charge in [-0.1, -0.05) is 23.7 Å². The predicted molar refractivity (Wildman–Crippen MR) is 98.3 cm³/mol. The van der Waals surface area contributed by atoms with Crippen molar-refractivity contribution in [1.82, 2.24) is 10.6 Å². The van der Waals surface area contributed by atoms with E-state index in [9.17, 15) is 9.59 Å². The lowest BCUT2D eigenvalue weighted by Crippen LogP contribution is -2.45. The van der Waals surface area contributed by atoms with Crippen LogP contribution in [-0.4, -0.2) is 24.5 Å². The van der Waals surface area contributed by atoms with E-state index in [2.05, 4.69) is 16.0 Å². The molecule has 0 bridgehead atoms. The number of hydrogen-bond donors (Lipinski definition) is 3. The summed E-state index contributed by atoms with van der Waals surface area (Å²) in [6, 6.07) is 13.2. The van der Waals surface area contributed by atoms with Crippen LogP contribution in [0.2, 0.25) is 5.02 Å². The number of amides is 3. The Labute approximate surface area is 151 Å². The summed E-state index contributed by atoms with van der Waals surface area (Å²) in [7, 11) is 0. The molecule has 0 aliphatic carbocycles. The average molecular weight is 362 g/mol. The molecule has 0 radical (unpaired) electrons. The molecular formula is C18H20ClN3O3. The fraction of sp³-hybridized carbons (Fsp3) is 0.222. The first kappa shape index (κ1) is 18.6. The number of rotatable bonds is 6. The number of carbonyl (C=O) groups excluding carboxylic acids is 2. The maximum absolute atomic E-state index is 11.9. The zero-order chi connectivity index (χ0) is 18.2. The molecular weight excluding hydrogens is 342 g/mol. The molecule has 132 valence electrons. The van der Waals surface area contributed by atoms with Gasteiger partial charge in [-0.2, -0.15) is 0 Å². The number of urea groups is 1. The highest BCUT2D eigenvalue weighted by molar-refractivity contribution is 6.32. The van der Waals surface area contributed by atoms with Gasteiger partial charge in [-0.25, -0.2) is 4.79 Å². The van der Waals surface area contributed by atoms with Gasteiger partial charge in [-0.3, -0.25) is 10.1 Å². The van der Waals surface area contributed by atoms with E-state index in [0.29, 0.717) is 23.1 Å². The van der Waals surface area contributed by atoms with Crippen molar-refractivity contribution < 1.29 is 14.3 Å². The second-order valence-corrected chi connectivity index (χ2v) is 5.68. The predicted octanol–water partition coefficient (Wildman–Crippen LogP) is 3.78. The maximum Gasteiger partial charge on any atom is 0.321 e. The summed E-state index contributed by atoms with van der Waals surface area (Å²) in [5.74, 6) is 0.778. The molecule has 0 saturated heterocycles. The first-order valence-corrected chi connectivity index (χ1v) is 8.25. The molecule has 0 heterocycles. The Balaban J connectivity index is 1.92. The van der Waals surface area contributed by atoms with Crippen LogP contribution in [0.1, 0.15) is 13.8 Å². The lowest BCUT2D eigenvalue weighted by molar-refractivity contribution is -0.120. The molecule has 0 fully saturated rings. The Morgan fingerprint density at radius 2 is 1.80 bits per heavy atom. The molecule has 3 N–H and O–H groups in total. The molecule has 0 spiro atoms. The molecule has 0 aliphatic heterocycles. The second kappa shape index (κ2) is 8.94. The van der Waals surface area contributed by atoms with Gasteiger partial charge in [-0.15, -0.1) is 0 Å². The Kier molecular flexibility index (Phi) is 6.65. The Hall–Kier alpha value is -2.73. The fourth-order valence-electron chi connectivity index (χ4n) is 2.01. The highest BCUT2D eigenvalue weighted by atomic mass is 35.5. The number of ether oxygens (including phenoxy) is 1. The van der Waals surface area contributed by atoms with Crippen molar-refractivity contribution in [2.45, 2.75) is 19.9 Å². The molecule has 6 nitrogen and oxygen atoms in total. The minimum absolute atomic E-state index is 0.414. The van der Waals surface area contributed by atoms with Crippen molar-refractivity contribution in [3.8, 4) is 11.5 Å². The SMILES string of the molecule is CCNC(=O)NC(=O)C(C)Nc1ccc(Oc2ccccc2Cl)cc1. The molecule has 0 aliphatic rings. The molecule has 3 amide bonds. The van der Waals surface area contributed by atoms with Gasteiger partial charge in [0.05, 0.1) is 5.02 Å². The zero-order valence-corrected chi connectivity index (χ0v) is 14.8. The van der Waals surface area contributed by atoms with Gasteiger partial charge in [0.25, 0.3) is 0 Å². The quantitative estimate of drug-likeness (QED) is 0.731. The van der Waals surface area contributed by atoms with E-state index < -0.39 is 18.0 Å². The van der Waals surface area contributed by atoms with Crippen molar-refractivity contribution in [2.75, 3.05) is 11.9 Å². The smallest absolute Gasteiger partial charge is 0.321 e. The third-order valence-electron chi connectivity index (χ3n) is 3.27. The molecule has 0 saturated carbocycles. The highest BCUT2D eigenvalue weighted by Gasteiger charge is 2.15. The van der Waals surface area contributed by atoms with Crippen LogP contribution in [0.25, 0.3) is 0 Å². The molecule has 2 aromatic carbocycles. The lowest BCUT2D eigenvalue weighted by atomic mass is 10.2. The minimum Gasteiger partial charge on any atom is -0.456 e. The van der Waals surface area contributed by atoms with Crippen molar-refractivity contribution in [3.63, 3.8) is 0 Å². The molecule has 1 unspecified atom stereocenters. The molecule has 25 heavy (non-hydrogen) atoms. The number of para-hydroxylation sites is 1. The van der Waals surface area contributed by atoms with E-state index in [4.69, 9.17) is 16.3 Å². The minimum atomic E-state index is -0.571. The number of nitrogens with one attached hydrogen (secondary N) is 3. The third kappa shape index (κ3) is 5.69. The normalized spacial score (nSPS) is 11.3. The Morgan fingerprint density at radius 1 is 1.12 bits per heavy atom. The van der Waals surface area contributed by atoms with Gasteiger partial charge in [0, 0.05) is 12.2 Å². The monoisotopic (exact) mass is 361 g/mol. The zero-order valence-electron chi connectivity index (χ0n) is 14.0. The molecule has 0 aromatic heterocycles. The van der Waals surface area contributed by atoms with E-state index in [1.54, 1.807) is 50.2 Å². The average Bonchev–Trinajstić information content (AvgIpc) is 2.58. The van der Waals surface area contributed by atoms with Crippen LogP contribution in [0, 0.1) is 0 Å². The Bertz CT molecular complexity index is 735. The van der Waals surface area contributed by atoms with E-state index >= 15 is 0 Å². The highest BCUT2D eigenvalue weighted by Crippen LogP contribution is 2.29. The van der Waals surface area contributed by atoms with Crippen LogP contribution in [0.4, 0.5) is 10.5 Å². The van der Waals surface area contributed by atoms with Crippen molar-refractivity contribution in [1.29, 1.82) is 0 Å². The topological polar surface area (TPSA) is 79.5 Å². The van der Waals surface area contributed by atoms with E-state index in [-0.39, 0.29) is 0 Å².